The van der Waals surface area contributed by atoms with Gasteiger partial charge in [-0.2, -0.15) is 17.5 Å². The summed E-state index contributed by atoms with van der Waals surface area (Å²) in [6, 6.07) is 3.95. The molecule has 43 heavy (non-hydrogen) atoms. The first-order valence-corrected chi connectivity index (χ1v) is 18.0. The summed E-state index contributed by atoms with van der Waals surface area (Å²) in [5, 5.41) is 0. The van der Waals surface area contributed by atoms with Crippen LogP contribution in [-0.4, -0.2) is 61.9 Å². The highest BCUT2D eigenvalue weighted by Crippen LogP contribution is 2.60. The number of sulfonamides is 1. The Morgan fingerprint density at radius 3 is 2.21 bits per heavy atom. The van der Waals surface area contributed by atoms with Crippen LogP contribution in [-0.2, 0) is 25.7 Å². The summed E-state index contributed by atoms with van der Waals surface area (Å²) >= 11 is 0. The van der Waals surface area contributed by atoms with Gasteiger partial charge in [0.1, 0.15) is 0 Å². The Morgan fingerprint density at radius 2 is 1.58 bits per heavy atom. The van der Waals surface area contributed by atoms with Gasteiger partial charge in [0.05, 0.1) is 17.1 Å². The van der Waals surface area contributed by atoms with E-state index in [4.69, 9.17) is 4.74 Å². The largest absolute Gasteiger partial charge is 0.465 e. The Morgan fingerprint density at radius 1 is 0.953 bits per heavy atom. The monoisotopic (exact) mass is 622 g/mol. The molecule has 0 spiro atoms. The lowest BCUT2D eigenvalue weighted by Gasteiger charge is -2.57. The average molecular weight is 623 g/mol. The molecule has 0 N–H and O–H groups in total. The molecule has 4 aliphatic carbocycles. The minimum atomic E-state index is -4.53. The lowest BCUT2D eigenvalue weighted by atomic mass is 9.50. The topological polar surface area (TPSA) is 66.9 Å². The quantitative estimate of drug-likeness (QED) is 0.310. The number of ether oxygens (including phenoxy) is 1. The second kappa shape index (κ2) is 11.3. The smallest absolute Gasteiger partial charge is 0.416 e. The van der Waals surface area contributed by atoms with Crippen LogP contribution in [0, 0.1) is 35.0 Å². The summed E-state index contributed by atoms with van der Waals surface area (Å²) in [6.07, 6.45) is 8.35. The number of rotatable bonds is 8. The van der Waals surface area contributed by atoms with Crippen LogP contribution in [0.25, 0.3) is 0 Å². The molecule has 4 bridgehead atoms. The minimum Gasteiger partial charge on any atom is -0.465 e. The standard InChI is InChI=1S/C33H45F3N2O4S/c34-33(35,36)26-8-10-27(11-9-26)43(40,41)38-20-25-4-2-12-37-13-3-5-28(31(25)37)29(38)6-1-7-30(39)42-21-32-17-22-14-23(18-32)16-24(15-22)19-32/h8-11,22-25,28-29,31H,1-7,12-21H2/t22?,23?,24?,25-,28+,29+,31-,32?/m0/s1. The minimum absolute atomic E-state index is 0.0950. The van der Waals surface area contributed by atoms with Gasteiger partial charge in [-0.05, 0) is 144 Å². The van der Waals surface area contributed by atoms with Crippen molar-refractivity contribution in [3.05, 3.63) is 29.8 Å². The fraction of sp³-hybridized carbons (Fsp3) is 0.788. The predicted molar refractivity (Wildman–Crippen MR) is 155 cm³/mol. The van der Waals surface area contributed by atoms with Crippen molar-refractivity contribution >= 4 is 16.0 Å². The number of benzene rings is 1. The molecule has 0 radical (unpaired) electrons. The van der Waals surface area contributed by atoms with Crippen molar-refractivity contribution < 1.29 is 31.1 Å². The molecule has 1 aromatic carbocycles. The normalized spacial score (nSPS) is 37.7. The third kappa shape index (κ3) is 5.78. The molecule has 0 unspecified atom stereocenters. The summed E-state index contributed by atoms with van der Waals surface area (Å²) in [6.45, 7) is 2.97. The van der Waals surface area contributed by atoms with E-state index in [2.05, 4.69) is 4.90 Å². The van der Waals surface area contributed by atoms with Gasteiger partial charge in [0.25, 0.3) is 0 Å². The number of piperidine rings is 3. The number of hydrogen-bond acceptors (Lipinski definition) is 5. The van der Waals surface area contributed by atoms with Gasteiger partial charge in [-0.3, -0.25) is 9.69 Å². The second-order valence-corrected chi connectivity index (χ2v) is 16.8. The van der Waals surface area contributed by atoms with Crippen LogP contribution >= 0.6 is 0 Å². The Balaban J connectivity index is 1.04. The molecule has 0 aromatic heterocycles. The number of alkyl halides is 3. The molecule has 238 valence electrons. The summed E-state index contributed by atoms with van der Waals surface area (Å²) < 4.78 is 75.2. The van der Waals surface area contributed by atoms with Gasteiger partial charge in [0.15, 0.2) is 0 Å². The highest BCUT2D eigenvalue weighted by atomic mass is 32.2. The van der Waals surface area contributed by atoms with Crippen LogP contribution in [0.3, 0.4) is 0 Å². The maximum Gasteiger partial charge on any atom is 0.416 e. The number of halogens is 3. The van der Waals surface area contributed by atoms with E-state index in [0.717, 1.165) is 80.8 Å². The number of carbonyl (C=O) groups is 1. The fourth-order valence-electron chi connectivity index (χ4n) is 10.8. The van der Waals surface area contributed by atoms with Crippen molar-refractivity contribution in [3.63, 3.8) is 0 Å². The summed E-state index contributed by atoms with van der Waals surface area (Å²) in [5.74, 6) is 2.57. The summed E-state index contributed by atoms with van der Waals surface area (Å²) in [5.41, 5.74) is -0.689. The lowest BCUT2D eigenvalue weighted by Crippen LogP contribution is -2.65. The maximum atomic E-state index is 14.0. The predicted octanol–water partition coefficient (Wildman–Crippen LogP) is 6.50. The Hall–Kier alpha value is -1.65. The maximum absolute atomic E-state index is 14.0. The molecule has 3 saturated heterocycles. The highest BCUT2D eigenvalue weighted by Gasteiger charge is 2.53. The summed E-state index contributed by atoms with van der Waals surface area (Å²) in [7, 11) is -4.02. The molecule has 3 aliphatic heterocycles. The third-order valence-corrected chi connectivity index (χ3v) is 13.9. The van der Waals surface area contributed by atoms with E-state index in [0.29, 0.717) is 32.0 Å². The first-order chi connectivity index (χ1) is 20.5. The van der Waals surface area contributed by atoms with E-state index >= 15 is 0 Å². The number of hydrogen-bond donors (Lipinski definition) is 0. The Bertz CT molecular complexity index is 1260. The Labute approximate surface area is 253 Å². The van der Waals surface area contributed by atoms with Crippen LogP contribution in [0.5, 0.6) is 0 Å². The zero-order valence-corrected chi connectivity index (χ0v) is 25.8. The third-order valence-electron chi connectivity index (χ3n) is 12.0. The van der Waals surface area contributed by atoms with Gasteiger partial charge in [0.2, 0.25) is 10.0 Å². The molecule has 1 aromatic rings. The number of carbonyl (C=O) groups excluding carboxylic acids is 1. The van der Waals surface area contributed by atoms with E-state index in [1.165, 1.54) is 38.5 Å². The molecule has 7 fully saturated rings. The van der Waals surface area contributed by atoms with E-state index in [1.807, 2.05) is 0 Å². The summed E-state index contributed by atoms with van der Waals surface area (Å²) in [4.78, 5) is 15.4. The van der Waals surface area contributed by atoms with Crippen molar-refractivity contribution in [1.29, 1.82) is 0 Å². The molecule has 8 rings (SSSR count). The SMILES string of the molecule is O=C(CCC[C@@H]1[C@H]2CCCN3CCC[C@@H](CN1S(=O)(=O)c1ccc(C(F)(F)F)cc1)[C@@H]23)OCC12CC3CC(CC(C3)C1)C2. The van der Waals surface area contributed by atoms with Crippen LogP contribution in [0.15, 0.2) is 29.2 Å². The van der Waals surface area contributed by atoms with Crippen LogP contribution in [0.2, 0.25) is 0 Å². The van der Waals surface area contributed by atoms with E-state index in [-0.39, 0.29) is 40.6 Å². The van der Waals surface area contributed by atoms with Gasteiger partial charge in [-0.15, -0.1) is 0 Å². The Kier molecular flexibility index (Phi) is 7.89. The van der Waals surface area contributed by atoms with Gasteiger partial charge >= 0.3 is 12.1 Å². The van der Waals surface area contributed by atoms with Gasteiger partial charge in [-0.25, -0.2) is 8.42 Å². The van der Waals surface area contributed by atoms with E-state index < -0.39 is 21.8 Å². The highest BCUT2D eigenvalue weighted by molar-refractivity contribution is 7.89. The molecule has 7 aliphatic rings. The second-order valence-electron chi connectivity index (χ2n) is 14.9. The molecule has 4 atom stereocenters. The number of nitrogens with zero attached hydrogens (tertiary/aromatic N) is 2. The van der Waals surface area contributed by atoms with Crippen LogP contribution < -0.4 is 0 Å². The van der Waals surface area contributed by atoms with Gasteiger partial charge in [-0.1, -0.05) is 0 Å². The van der Waals surface area contributed by atoms with Gasteiger partial charge in [0, 0.05) is 30.5 Å². The van der Waals surface area contributed by atoms with Crippen molar-refractivity contribution in [2.24, 2.45) is 35.0 Å². The zero-order valence-electron chi connectivity index (χ0n) is 24.9. The molecule has 4 saturated carbocycles. The average Bonchev–Trinajstić information content (AvgIpc) is 2.96. The molecule has 10 heteroatoms. The van der Waals surface area contributed by atoms with Crippen molar-refractivity contribution in [2.75, 3.05) is 26.2 Å². The van der Waals surface area contributed by atoms with Crippen LogP contribution in [0.1, 0.15) is 89.0 Å². The zero-order chi connectivity index (χ0) is 30.0. The van der Waals surface area contributed by atoms with Crippen LogP contribution in [0.4, 0.5) is 13.2 Å². The van der Waals surface area contributed by atoms with Crippen molar-refractivity contribution in [1.82, 2.24) is 9.21 Å². The van der Waals surface area contributed by atoms with Crippen molar-refractivity contribution in [2.45, 2.75) is 107 Å². The number of esters is 1. The molecule has 3 heterocycles. The van der Waals surface area contributed by atoms with Gasteiger partial charge < -0.3 is 4.74 Å². The molecular formula is C33H45F3N2O4S. The first-order valence-electron chi connectivity index (χ1n) is 16.6. The molecule has 0 amide bonds. The van der Waals surface area contributed by atoms with E-state index in [1.54, 1.807) is 4.31 Å². The molecular weight excluding hydrogens is 577 g/mol. The van der Waals surface area contributed by atoms with E-state index in [9.17, 15) is 26.4 Å². The van der Waals surface area contributed by atoms with Crippen molar-refractivity contribution in [3.8, 4) is 0 Å². The fourth-order valence-corrected chi connectivity index (χ4v) is 12.5. The lowest BCUT2D eigenvalue weighted by molar-refractivity contribution is -0.155. The molecule has 6 nitrogen and oxygen atoms in total. The first kappa shape index (κ1) is 30.0.